The van der Waals surface area contributed by atoms with Crippen LogP contribution < -0.4 is 0 Å². The second-order valence-electron chi connectivity index (χ2n) is 5.75. The molecule has 0 aromatic rings. The molecule has 0 aromatic carbocycles. The molecule has 2 unspecified atom stereocenters. The second-order valence-corrected chi connectivity index (χ2v) is 5.75. The lowest BCUT2D eigenvalue weighted by molar-refractivity contribution is -0.164. The van der Waals surface area contributed by atoms with Crippen LogP contribution in [0.15, 0.2) is 0 Å². The highest BCUT2D eigenvalue weighted by Gasteiger charge is 2.29. The fraction of sp³-hybridized carbons (Fsp3) is 0.923. The average Bonchev–Trinajstić information content (AvgIpc) is 2.10. The van der Waals surface area contributed by atoms with Crippen molar-refractivity contribution in [2.75, 3.05) is 0 Å². The van der Waals surface area contributed by atoms with Crippen LogP contribution in [0.4, 0.5) is 0 Å². The molecule has 0 fully saturated rings. The van der Waals surface area contributed by atoms with Crippen molar-refractivity contribution in [1.82, 2.24) is 0 Å². The summed E-state index contributed by atoms with van der Waals surface area (Å²) in [4.78, 5) is 11.8. The molecule has 2 nitrogen and oxygen atoms in total. The first kappa shape index (κ1) is 14.5. The first-order chi connectivity index (χ1) is 6.70. The molecule has 0 saturated heterocycles. The van der Waals surface area contributed by atoms with Crippen molar-refractivity contribution in [2.24, 2.45) is 17.3 Å². The molecule has 0 aromatic heterocycles. The lowest BCUT2D eigenvalue weighted by Crippen LogP contribution is -2.34. The number of rotatable bonds is 4. The zero-order valence-electron chi connectivity index (χ0n) is 11.3. The summed E-state index contributed by atoms with van der Waals surface area (Å²) in [7, 11) is 0. The van der Waals surface area contributed by atoms with Gasteiger partial charge in [0.2, 0.25) is 0 Å². The van der Waals surface area contributed by atoms with Crippen LogP contribution in [-0.2, 0) is 9.53 Å². The molecule has 0 saturated carbocycles. The zero-order valence-corrected chi connectivity index (χ0v) is 11.3. The molecule has 0 aliphatic carbocycles. The fourth-order valence-corrected chi connectivity index (χ4v) is 1.44. The Kier molecular flexibility index (Phi) is 5.33. The molecule has 15 heavy (non-hydrogen) atoms. The lowest BCUT2D eigenvalue weighted by atomic mass is 9.91. The smallest absolute Gasteiger partial charge is 0.311 e. The van der Waals surface area contributed by atoms with Gasteiger partial charge in [-0.05, 0) is 32.6 Å². The molecule has 0 heterocycles. The van der Waals surface area contributed by atoms with Gasteiger partial charge in [-0.25, -0.2) is 0 Å². The molecule has 90 valence electrons. The maximum atomic E-state index is 11.8. The molecule has 0 radical (unpaired) electrons. The standard InChI is InChI=1S/C13H26O2/c1-8-10(4)11(9(2)3)15-12(14)13(5,6)7/h9-11H,8H2,1-7H3. The molecule has 0 spiro atoms. The maximum Gasteiger partial charge on any atom is 0.311 e. The molecule has 0 aliphatic heterocycles. The van der Waals surface area contributed by atoms with Gasteiger partial charge in [0.1, 0.15) is 6.10 Å². The monoisotopic (exact) mass is 214 g/mol. The van der Waals surface area contributed by atoms with E-state index in [1.807, 2.05) is 20.8 Å². The number of esters is 1. The predicted octanol–water partition coefficient (Wildman–Crippen LogP) is 3.65. The van der Waals surface area contributed by atoms with E-state index in [1.165, 1.54) is 0 Å². The van der Waals surface area contributed by atoms with Crippen molar-refractivity contribution >= 4 is 5.97 Å². The van der Waals surface area contributed by atoms with Crippen LogP contribution in [0.3, 0.4) is 0 Å². The summed E-state index contributed by atoms with van der Waals surface area (Å²) in [6.07, 6.45) is 1.09. The van der Waals surface area contributed by atoms with Gasteiger partial charge in [0.25, 0.3) is 0 Å². The van der Waals surface area contributed by atoms with Crippen LogP contribution >= 0.6 is 0 Å². The number of carbonyl (C=O) groups excluding carboxylic acids is 1. The van der Waals surface area contributed by atoms with Gasteiger partial charge in [-0.3, -0.25) is 4.79 Å². The van der Waals surface area contributed by atoms with Gasteiger partial charge < -0.3 is 4.74 Å². The topological polar surface area (TPSA) is 26.3 Å². The highest BCUT2D eigenvalue weighted by Crippen LogP contribution is 2.24. The van der Waals surface area contributed by atoms with Gasteiger partial charge in [-0.2, -0.15) is 0 Å². The van der Waals surface area contributed by atoms with Crippen molar-refractivity contribution < 1.29 is 9.53 Å². The van der Waals surface area contributed by atoms with Crippen molar-refractivity contribution in [3.63, 3.8) is 0 Å². The van der Waals surface area contributed by atoms with E-state index in [-0.39, 0.29) is 12.1 Å². The van der Waals surface area contributed by atoms with Crippen LogP contribution in [0.2, 0.25) is 0 Å². The lowest BCUT2D eigenvalue weighted by Gasteiger charge is -2.29. The van der Waals surface area contributed by atoms with Crippen molar-refractivity contribution in [3.05, 3.63) is 0 Å². The van der Waals surface area contributed by atoms with E-state index in [2.05, 4.69) is 27.7 Å². The summed E-state index contributed by atoms with van der Waals surface area (Å²) < 4.78 is 5.59. The SMILES string of the molecule is CCC(C)C(OC(=O)C(C)(C)C)C(C)C. The minimum Gasteiger partial charge on any atom is -0.461 e. The van der Waals surface area contributed by atoms with E-state index in [0.29, 0.717) is 11.8 Å². The number of hydrogen-bond donors (Lipinski definition) is 0. The van der Waals surface area contributed by atoms with Crippen LogP contribution in [0.25, 0.3) is 0 Å². The Balaban J connectivity index is 4.50. The summed E-state index contributed by atoms with van der Waals surface area (Å²) >= 11 is 0. The summed E-state index contributed by atoms with van der Waals surface area (Å²) in [5.74, 6) is 0.712. The quantitative estimate of drug-likeness (QED) is 0.668. The van der Waals surface area contributed by atoms with Gasteiger partial charge in [-0.1, -0.05) is 34.1 Å². The molecular weight excluding hydrogens is 188 g/mol. The molecule has 2 atom stereocenters. The third-order valence-electron chi connectivity index (χ3n) is 2.72. The van der Waals surface area contributed by atoms with Crippen molar-refractivity contribution in [2.45, 2.75) is 61.0 Å². The molecule has 0 N–H and O–H groups in total. The summed E-state index contributed by atoms with van der Waals surface area (Å²) in [6, 6.07) is 0. The van der Waals surface area contributed by atoms with Crippen molar-refractivity contribution in [1.29, 1.82) is 0 Å². The predicted molar refractivity (Wildman–Crippen MR) is 63.6 cm³/mol. The van der Waals surface area contributed by atoms with Gasteiger partial charge in [0.05, 0.1) is 5.41 Å². The van der Waals surface area contributed by atoms with Crippen LogP contribution in [0, 0.1) is 17.3 Å². The Hall–Kier alpha value is -0.530. The van der Waals surface area contributed by atoms with E-state index in [4.69, 9.17) is 4.74 Å². The summed E-state index contributed by atoms with van der Waals surface area (Å²) in [5, 5.41) is 0. The molecule has 2 heteroatoms. The third-order valence-corrected chi connectivity index (χ3v) is 2.72. The Bertz CT molecular complexity index is 201. The van der Waals surface area contributed by atoms with E-state index in [9.17, 15) is 4.79 Å². The first-order valence-electron chi connectivity index (χ1n) is 5.91. The number of ether oxygens (including phenoxy) is 1. The Morgan fingerprint density at radius 3 is 1.93 bits per heavy atom. The largest absolute Gasteiger partial charge is 0.461 e. The minimum atomic E-state index is -0.402. The molecule has 0 bridgehead atoms. The first-order valence-corrected chi connectivity index (χ1v) is 5.91. The fourth-order valence-electron chi connectivity index (χ4n) is 1.44. The van der Waals surface area contributed by atoms with E-state index < -0.39 is 5.41 Å². The summed E-state index contributed by atoms with van der Waals surface area (Å²) in [6.45, 7) is 14.2. The Labute approximate surface area is 94.4 Å². The molecular formula is C13H26O2. The number of hydrogen-bond acceptors (Lipinski definition) is 2. The Morgan fingerprint density at radius 2 is 1.67 bits per heavy atom. The summed E-state index contributed by atoms with van der Waals surface area (Å²) in [5.41, 5.74) is -0.402. The molecule has 0 aliphatic rings. The highest BCUT2D eigenvalue weighted by atomic mass is 16.5. The Morgan fingerprint density at radius 1 is 1.20 bits per heavy atom. The third kappa shape index (κ3) is 4.67. The average molecular weight is 214 g/mol. The van der Waals surface area contributed by atoms with E-state index in [0.717, 1.165) is 6.42 Å². The van der Waals surface area contributed by atoms with Crippen LogP contribution in [0.5, 0.6) is 0 Å². The van der Waals surface area contributed by atoms with Crippen molar-refractivity contribution in [3.8, 4) is 0 Å². The van der Waals surface area contributed by atoms with Gasteiger partial charge >= 0.3 is 5.97 Å². The molecule has 0 amide bonds. The van der Waals surface area contributed by atoms with E-state index in [1.54, 1.807) is 0 Å². The van der Waals surface area contributed by atoms with Gasteiger partial charge in [0.15, 0.2) is 0 Å². The molecule has 0 rings (SSSR count). The zero-order chi connectivity index (χ0) is 12.2. The van der Waals surface area contributed by atoms with Crippen LogP contribution in [-0.4, -0.2) is 12.1 Å². The number of carbonyl (C=O) groups is 1. The maximum absolute atomic E-state index is 11.8. The van der Waals surface area contributed by atoms with Gasteiger partial charge in [-0.15, -0.1) is 0 Å². The van der Waals surface area contributed by atoms with Gasteiger partial charge in [0, 0.05) is 0 Å². The van der Waals surface area contributed by atoms with E-state index >= 15 is 0 Å². The van der Waals surface area contributed by atoms with Crippen LogP contribution in [0.1, 0.15) is 54.9 Å². The highest BCUT2D eigenvalue weighted by molar-refractivity contribution is 5.75. The normalized spacial score (nSPS) is 16.3. The second kappa shape index (κ2) is 5.53. The minimum absolute atomic E-state index is 0.0433.